The highest BCUT2D eigenvalue weighted by Gasteiger charge is 2.29. The minimum atomic E-state index is -0.520. The molecule has 0 aliphatic rings. The summed E-state index contributed by atoms with van der Waals surface area (Å²) in [5.74, 6) is -0.0417. The zero-order chi connectivity index (χ0) is 21.1. The lowest BCUT2D eigenvalue weighted by molar-refractivity contribution is -0.141. The van der Waals surface area contributed by atoms with Crippen LogP contribution in [-0.2, 0) is 22.6 Å². The molecule has 2 rings (SSSR count). The van der Waals surface area contributed by atoms with E-state index in [1.807, 2.05) is 62.4 Å². The Labute approximate surface area is 175 Å². The van der Waals surface area contributed by atoms with Crippen LogP contribution in [0.3, 0.4) is 0 Å². The highest BCUT2D eigenvalue weighted by molar-refractivity contribution is 5.88. The topological polar surface area (TPSA) is 49.4 Å². The Morgan fingerprint density at radius 3 is 2.34 bits per heavy atom. The summed E-state index contributed by atoms with van der Waals surface area (Å²) in [7, 11) is 0. The molecule has 1 atom stereocenters. The first kappa shape index (κ1) is 22.7. The standard InChI is InChI=1S/C25H34N2O2/c1-4-6-16-26-25(29)23(18-21-13-8-7-9-14-21)27(24(28)11-5-2)19-22-15-10-12-20(3)17-22/h7-10,12-15,17,23H,4-6,11,16,18-19H2,1-3H3,(H,26,29)/t23-/m1/s1. The van der Waals surface area contributed by atoms with Crippen LogP contribution in [0.1, 0.15) is 56.2 Å². The fourth-order valence-electron chi connectivity index (χ4n) is 3.42. The molecule has 0 aliphatic carbocycles. The van der Waals surface area contributed by atoms with Crippen LogP contribution in [0.25, 0.3) is 0 Å². The minimum absolute atomic E-state index is 0.0283. The molecule has 0 saturated carbocycles. The number of benzene rings is 2. The zero-order valence-electron chi connectivity index (χ0n) is 18.0. The summed E-state index contributed by atoms with van der Waals surface area (Å²) >= 11 is 0. The second-order valence-corrected chi connectivity index (χ2v) is 7.61. The Morgan fingerprint density at radius 2 is 1.69 bits per heavy atom. The van der Waals surface area contributed by atoms with Crippen LogP contribution in [0.15, 0.2) is 54.6 Å². The number of carbonyl (C=O) groups is 2. The zero-order valence-corrected chi connectivity index (χ0v) is 18.0. The molecule has 0 fully saturated rings. The van der Waals surface area contributed by atoms with Gasteiger partial charge in [0.1, 0.15) is 6.04 Å². The van der Waals surface area contributed by atoms with Gasteiger partial charge >= 0.3 is 0 Å². The van der Waals surface area contributed by atoms with Gasteiger partial charge in [0, 0.05) is 25.9 Å². The van der Waals surface area contributed by atoms with Crippen molar-refractivity contribution in [3.63, 3.8) is 0 Å². The van der Waals surface area contributed by atoms with Gasteiger partial charge < -0.3 is 10.2 Å². The summed E-state index contributed by atoms with van der Waals surface area (Å²) in [6.45, 7) is 7.22. The summed E-state index contributed by atoms with van der Waals surface area (Å²) in [6, 6.07) is 17.6. The molecule has 0 bridgehead atoms. The van der Waals surface area contributed by atoms with Crippen molar-refractivity contribution in [1.82, 2.24) is 10.2 Å². The fraction of sp³-hybridized carbons (Fsp3) is 0.440. The van der Waals surface area contributed by atoms with Crippen LogP contribution in [0, 0.1) is 6.92 Å². The summed E-state index contributed by atoms with van der Waals surface area (Å²) in [6.07, 6.45) is 3.67. The van der Waals surface area contributed by atoms with Gasteiger partial charge in [-0.05, 0) is 30.9 Å². The number of unbranched alkanes of at least 4 members (excludes halogenated alkanes) is 1. The highest BCUT2D eigenvalue weighted by atomic mass is 16.2. The van der Waals surface area contributed by atoms with E-state index in [4.69, 9.17) is 0 Å². The van der Waals surface area contributed by atoms with Crippen molar-refractivity contribution in [3.8, 4) is 0 Å². The SMILES string of the molecule is CCCCNC(=O)[C@@H](Cc1ccccc1)N(Cc1cccc(C)c1)C(=O)CCC. The Bertz CT molecular complexity index is 773. The van der Waals surface area contributed by atoms with Gasteiger partial charge in [-0.2, -0.15) is 0 Å². The number of hydrogen-bond acceptors (Lipinski definition) is 2. The monoisotopic (exact) mass is 394 g/mol. The first-order valence-electron chi connectivity index (χ1n) is 10.7. The Kier molecular flexibility index (Phi) is 9.42. The normalized spacial score (nSPS) is 11.7. The molecule has 4 heteroatoms. The average Bonchev–Trinajstić information content (AvgIpc) is 2.71. The number of nitrogens with zero attached hydrogens (tertiary/aromatic N) is 1. The van der Waals surface area contributed by atoms with Crippen molar-refractivity contribution < 1.29 is 9.59 Å². The van der Waals surface area contributed by atoms with Crippen LogP contribution in [0.4, 0.5) is 0 Å². The van der Waals surface area contributed by atoms with E-state index in [2.05, 4.69) is 18.3 Å². The number of aryl methyl sites for hydroxylation is 1. The molecule has 0 unspecified atom stereocenters. The van der Waals surface area contributed by atoms with Crippen molar-refractivity contribution in [2.75, 3.05) is 6.54 Å². The Morgan fingerprint density at radius 1 is 0.966 bits per heavy atom. The van der Waals surface area contributed by atoms with E-state index in [0.29, 0.717) is 25.9 Å². The quantitative estimate of drug-likeness (QED) is 0.564. The smallest absolute Gasteiger partial charge is 0.243 e. The maximum atomic E-state index is 13.1. The molecular formula is C25H34N2O2. The Hall–Kier alpha value is -2.62. The second-order valence-electron chi connectivity index (χ2n) is 7.61. The van der Waals surface area contributed by atoms with E-state index >= 15 is 0 Å². The lowest BCUT2D eigenvalue weighted by Crippen LogP contribution is -2.50. The van der Waals surface area contributed by atoms with Crippen molar-refractivity contribution in [1.29, 1.82) is 0 Å². The molecule has 2 aromatic rings. The van der Waals surface area contributed by atoms with E-state index in [9.17, 15) is 9.59 Å². The molecule has 4 nitrogen and oxygen atoms in total. The summed E-state index contributed by atoms with van der Waals surface area (Å²) in [5, 5.41) is 3.05. The van der Waals surface area contributed by atoms with Crippen LogP contribution < -0.4 is 5.32 Å². The third-order valence-corrected chi connectivity index (χ3v) is 5.00. The van der Waals surface area contributed by atoms with Gasteiger partial charge in [-0.25, -0.2) is 0 Å². The van der Waals surface area contributed by atoms with Gasteiger partial charge in [-0.15, -0.1) is 0 Å². The van der Waals surface area contributed by atoms with Gasteiger partial charge in [0.2, 0.25) is 11.8 Å². The number of hydrogen-bond donors (Lipinski definition) is 1. The number of nitrogens with one attached hydrogen (secondary N) is 1. The summed E-state index contributed by atoms with van der Waals surface area (Å²) in [4.78, 5) is 27.9. The third kappa shape index (κ3) is 7.37. The lowest BCUT2D eigenvalue weighted by Gasteiger charge is -2.31. The fourth-order valence-corrected chi connectivity index (χ4v) is 3.42. The van der Waals surface area contributed by atoms with Crippen molar-refractivity contribution in [2.24, 2.45) is 0 Å². The minimum Gasteiger partial charge on any atom is -0.354 e. The van der Waals surface area contributed by atoms with Gasteiger partial charge in [0.25, 0.3) is 0 Å². The molecule has 0 spiro atoms. The van der Waals surface area contributed by atoms with Crippen molar-refractivity contribution in [3.05, 3.63) is 71.3 Å². The van der Waals surface area contributed by atoms with Crippen molar-refractivity contribution in [2.45, 2.75) is 65.5 Å². The molecule has 0 radical (unpaired) electrons. The molecule has 2 aromatic carbocycles. The molecule has 1 N–H and O–H groups in total. The highest BCUT2D eigenvalue weighted by Crippen LogP contribution is 2.17. The van der Waals surface area contributed by atoms with Gasteiger partial charge in [-0.1, -0.05) is 80.4 Å². The van der Waals surface area contributed by atoms with E-state index in [0.717, 1.165) is 36.0 Å². The largest absolute Gasteiger partial charge is 0.354 e. The predicted molar refractivity (Wildman–Crippen MR) is 118 cm³/mol. The van der Waals surface area contributed by atoms with Gasteiger partial charge in [0.05, 0.1) is 0 Å². The maximum absolute atomic E-state index is 13.1. The van der Waals surface area contributed by atoms with E-state index in [1.54, 1.807) is 4.90 Å². The number of carbonyl (C=O) groups excluding carboxylic acids is 2. The molecular weight excluding hydrogens is 360 g/mol. The molecule has 0 aliphatic heterocycles. The van der Waals surface area contributed by atoms with Crippen LogP contribution >= 0.6 is 0 Å². The number of amides is 2. The average molecular weight is 395 g/mol. The van der Waals surface area contributed by atoms with E-state index in [-0.39, 0.29) is 11.8 Å². The number of rotatable bonds is 11. The van der Waals surface area contributed by atoms with Crippen LogP contribution in [0.2, 0.25) is 0 Å². The lowest BCUT2D eigenvalue weighted by atomic mass is 10.0. The maximum Gasteiger partial charge on any atom is 0.243 e. The third-order valence-electron chi connectivity index (χ3n) is 5.00. The first-order valence-corrected chi connectivity index (χ1v) is 10.7. The van der Waals surface area contributed by atoms with Gasteiger partial charge in [-0.3, -0.25) is 9.59 Å². The molecule has 0 heterocycles. The van der Waals surface area contributed by atoms with E-state index in [1.165, 1.54) is 0 Å². The Balaban J connectivity index is 2.32. The molecule has 0 saturated heterocycles. The van der Waals surface area contributed by atoms with Crippen LogP contribution in [0.5, 0.6) is 0 Å². The molecule has 2 amide bonds. The summed E-state index contributed by atoms with van der Waals surface area (Å²) < 4.78 is 0. The van der Waals surface area contributed by atoms with Gasteiger partial charge in [0.15, 0.2) is 0 Å². The van der Waals surface area contributed by atoms with E-state index < -0.39 is 6.04 Å². The molecule has 29 heavy (non-hydrogen) atoms. The second kappa shape index (κ2) is 12.1. The molecule has 0 aromatic heterocycles. The predicted octanol–water partition coefficient (Wildman–Crippen LogP) is 4.65. The first-order chi connectivity index (χ1) is 14.0. The molecule has 156 valence electrons. The summed E-state index contributed by atoms with van der Waals surface area (Å²) in [5.41, 5.74) is 3.26. The van der Waals surface area contributed by atoms with Crippen LogP contribution in [-0.4, -0.2) is 29.3 Å². The van der Waals surface area contributed by atoms with Crippen molar-refractivity contribution >= 4 is 11.8 Å².